The van der Waals surface area contributed by atoms with Gasteiger partial charge in [-0.2, -0.15) is 0 Å². The van der Waals surface area contributed by atoms with Crippen LogP contribution in [0.3, 0.4) is 0 Å². The van der Waals surface area contributed by atoms with Crippen molar-refractivity contribution in [3.8, 4) is 0 Å². The van der Waals surface area contributed by atoms with Gasteiger partial charge in [-0.05, 0) is 46.5 Å². The van der Waals surface area contributed by atoms with Crippen LogP contribution >= 0.6 is 31.9 Å². The average molecular weight is 548 g/mol. The monoisotopic (exact) mass is 546 g/mol. The largest absolute Gasteiger partial charge is 0.324 e. The van der Waals surface area contributed by atoms with Gasteiger partial charge in [0.05, 0.1) is 23.2 Å². The van der Waals surface area contributed by atoms with Gasteiger partial charge in [-0.15, -0.1) is 0 Å². The summed E-state index contributed by atoms with van der Waals surface area (Å²) in [6.45, 7) is 0. The van der Waals surface area contributed by atoms with Crippen LogP contribution in [-0.2, 0) is 9.59 Å². The number of amides is 2. The lowest BCUT2D eigenvalue weighted by Gasteiger charge is -2.13. The lowest BCUT2D eigenvalue weighted by atomic mass is 9.88. The third kappa shape index (κ3) is 2.93. The van der Waals surface area contributed by atoms with Gasteiger partial charge >= 0.3 is 0 Å². The first-order valence-corrected chi connectivity index (χ1v) is 11.8. The number of rotatable bonds is 2. The molecule has 0 bridgehead atoms. The maximum Gasteiger partial charge on any atom is 0.236 e. The van der Waals surface area contributed by atoms with E-state index in [9.17, 15) is 9.59 Å². The summed E-state index contributed by atoms with van der Waals surface area (Å²) in [6, 6.07) is 23.7. The molecule has 0 saturated heterocycles. The standard InChI is InChI=1S/C26H16Br2N2O2/c27-15-5-1-13(2-6-15)21-19-11-9-18-17(23(19)29-25(21)31)10-12-20-22(26(32)30-24(18)20)14-3-7-16(28)8-4-14/h1-12,21-22H,(H,29,31)(H,30,32). The van der Waals surface area contributed by atoms with Gasteiger partial charge in [0, 0.05) is 19.7 Å². The van der Waals surface area contributed by atoms with E-state index in [1.165, 1.54) is 0 Å². The number of carbonyl (C=O) groups is 2. The van der Waals surface area contributed by atoms with Crippen LogP contribution in [0.5, 0.6) is 0 Å². The van der Waals surface area contributed by atoms with Crippen molar-refractivity contribution in [2.75, 3.05) is 10.6 Å². The Bertz CT molecular complexity index is 1320. The van der Waals surface area contributed by atoms with Gasteiger partial charge in [-0.1, -0.05) is 80.4 Å². The quantitative estimate of drug-likeness (QED) is 0.299. The van der Waals surface area contributed by atoms with Crippen LogP contribution in [-0.4, -0.2) is 11.8 Å². The van der Waals surface area contributed by atoms with Crippen molar-refractivity contribution in [3.63, 3.8) is 0 Å². The molecule has 2 amide bonds. The Morgan fingerprint density at radius 1 is 0.531 bits per heavy atom. The third-order valence-electron chi connectivity index (χ3n) is 6.31. The average Bonchev–Trinajstić information content (AvgIpc) is 3.31. The first kappa shape index (κ1) is 19.7. The Morgan fingerprint density at radius 3 is 1.28 bits per heavy atom. The van der Waals surface area contributed by atoms with E-state index >= 15 is 0 Å². The fourth-order valence-electron chi connectivity index (χ4n) is 4.85. The maximum absolute atomic E-state index is 12.9. The number of halogens is 2. The van der Waals surface area contributed by atoms with E-state index in [0.717, 1.165) is 53.3 Å². The number of fused-ring (bicyclic) bond motifs is 5. The first-order chi connectivity index (χ1) is 15.5. The second kappa shape index (κ2) is 7.29. The number of anilines is 2. The molecule has 2 N–H and O–H groups in total. The van der Waals surface area contributed by atoms with Crippen LogP contribution in [0, 0.1) is 0 Å². The van der Waals surface area contributed by atoms with Crippen molar-refractivity contribution in [2.24, 2.45) is 0 Å². The molecule has 0 aromatic heterocycles. The van der Waals surface area contributed by atoms with Gasteiger partial charge in [-0.25, -0.2) is 0 Å². The molecule has 0 spiro atoms. The Hall–Kier alpha value is -2.96. The molecule has 4 nitrogen and oxygen atoms in total. The highest BCUT2D eigenvalue weighted by atomic mass is 79.9. The van der Waals surface area contributed by atoms with Gasteiger partial charge in [-0.3, -0.25) is 9.59 Å². The molecule has 2 heterocycles. The van der Waals surface area contributed by atoms with Gasteiger partial charge in [0.1, 0.15) is 0 Å². The second-order valence-electron chi connectivity index (χ2n) is 8.10. The van der Waals surface area contributed by atoms with Crippen molar-refractivity contribution in [1.82, 2.24) is 0 Å². The number of carbonyl (C=O) groups excluding carboxylic acids is 2. The molecule has 4 aromatic rings. The lowest BCUT2D eigenvalue weighted by Crippen LogP contribution is -2.13. The van der Waals surface area contributed by atoms with Crippen LogP contribution in [0.1, 0.15) is 34.1 Å². The molecule has 2 aliphatic heterocycles. The van der Waals surface area contributed by atoms with Gasteiger partial charge in [0.15, 0.2) is 0 Å². The minimum absolute atomic E-state index is 0.0351. The molecule has 0 saturated carbocycles. The smallest absolute Gasteiger partial charge is 0.236 e. The number of hydrogen-bond donors (Lipinski definition) is 2. The molecule has 2 atom stereocenters. The minimum atomic E-state index is -0.346. The molecule has 0 aliphatic carbocycles. The topological polar surface area (TPSA) is 58.2 Å². The zero-order valence-electron chi connectivity index (χ0n) is 16.7. The summed E-state index contributed by atoms with van der Waals surface area (Å²) in [5.74, 6) is -0.763. The Labute approximate surface area is 201 Å². The van der Waals surface area contributed by atoms with Gasteiger partial charge < -0.3 is 10.6 Å². The number of benzene rings is 4. The van der Waals surface area contributed by atoms with Crippen LogP contribution in [0.4, 0.5) is 11.4 Å². The highest BCUT2D eigenvalue weighted by Gasteiger charge is 2.36. The van der Waals surface area contributed by atoms with Gasteiger partial charge in [0.2, 0.25) is 11.8 Å². The summed E-state index contributed by atoms with van der Waals surface area (Å²) in [5, 5.41) is 8.05. The Morgan fingerprint density at radius 2 is 0.906 bits per heavy atom. The molecule has 6 heteroatoms. The summed E-state index contributed by atoms with van der Waals surface area (Å²) < 4.78 is 1.95. The van der Waals surface area contributed by atoms with Crippen molar-refractivity contribution >= 4 is 65.8 Å². The van der Waals surface area contributed by atoms with Crippen molar-refractivity contribution in [3.05, 3.63) is 104 Å². The van der Waals surface area contributed by atoms with Crippen LogP contribution in [0.2, 0.25) is 0 Å². The third-order valence-corrected chi connectivity index (χ3v) is 7.37. The summed E-state index contributed by atoms with van der Waals surface area (Å²) in [7, 11) is 0. The number of nitrogens with one attached hydrogen (secondary N) is 2. The maximum atomic E-state index is 12.9. The fraction of sp³-hybridized carbons (Fsp3) is 0.0769. The van der Waals surface area contributed by atoms with E-state index in [-0.39, 0.29) is 23.7 Å². The van der Waals surface area contributed by atoms with E-state index in [1.807, 2.05) is 72.8 Å². The molecule has 32 heavy (non-hydrogen) atoms. The van der Waals surface area contributed by atoms with Crippen LogP contribution in [0.15, 0.2) is 81.7 Å². The summed E-state index contributed by atoms with van der Waals surface area (Å²) in [6.07, 6.45) is 0. The molecule has 4 aromatic carbocycles. The van der Waals surface area contributed by atoms with Crippen molar-refractivity contribution in [1.29, 1.82) is 0 Å². The normalized spacial score (nSPS) is 18.9. The van der Waals surface area contributed by atoms with E-state index in [0.29, 0.717) is 0 Å². The zero-order valence-corrected chi connectivity index (χ0v) is 19.8. The van der Waals surface area contributed by atoms with Gasteiger partial charge in [0.25, 0.3) is 0 Å². The summed E-state index contributed by atoms with van der Waals surface area (Å²) in [5.41, 5.74) is 5.47. The SMILES string of the molecule is O=C1Nc2c(ccc3c4c(ccc23)C(c2ccc(Br)cc2)C(=O)N4)C1c1ccc(Br)cc1. The molecule has 0 fully saturated rings. The molecule has 2 unspecified atom stereocenters. The van der Waals surface area contributed by atoms with E-state index < -0.39 is 0 Å². The van der Waals surface area contributed by atoms with Crippen molar-refractivity contribution < 1.29 is 9.59 Å². The first-order valence-electron chi connectivity index (χ1n) is 10.2. The Balaban J connectivity index is 1.48. The molecular weight excluding hydrogens is 532 g/mol. The predicted molar refractivity (Wildman–Crippen MR) is 133 cm³/mol. The van der Waals surface area contributed by atoms with E-state index in [4.69, 9.17) is 0 Å². The predicted octanol–water partition coefficient (Wildman–Crippen LogP) is 6.53. The zero-order chi connectivity index (χ0) is 22.0. The second-order valence-corrected chi connectivity index (χ2v) is 9.93. The number of hydrogen-bond acceptors (Lipinski definition) is 2. The highest BCUT2D eigenvalue weighted by Crippen LogP contribution is 2.47. The lowest BCUT2D eigenvalue weighted by molar-refractivity contribution is -0.117. The summed E-state index contributed by atoms with van der Waals surface area (Å²) >= 11 is 6.91. The molecule has 2 aliphatic rings. The fourth-order valence-corrected chi connectivity index (χ4v) is 5.37. The Kier molecular flexibility index (Phi) is 4.49. The molecule has 156 valence electrons. The summed E-state index contributed by atoms with van der Waals surface area (Å²) in [4.78, 5) is 25.8. The van der Waals surface area contributed by atoms with Crippen LogP contribution < -0.4 is 10.6 Å². The van der Waals surface area contributed by atoms with Crippen molar-refractivity contribution in [2.45, 2.75) is 11.8 Å². The van der Waals surface area contributed by atoms with E-state index in [2.05, 4.69) is 42.5 Å². The molecule has 6 rings (SSSR count). The van der Waals surface area contributed by atoms with Crippen LogP contribution in [0.25, 0.3) is 10.8 Å². The highest BCUT2D eigenvalue weighted by molar-refractivity contribution is 9.10. The molecular formula is C26H16Br2N2O2. The molecule has 0 radical (unpaired) electrons. The van der Waals surface area contributed by atoms with E-state index in [1.54, 1.807) is 0 Å². The minimum Gasteiger partial charge on any atom is -0.324 e.